The fourth-order valence-corrected chi connectivity index (χ4v) is 2.03. The third-order valence-corrected chi connectivity index (χ3v) is 3.29. The largest absolute Gasteiger partial charge is 0.481 e. The van der Waals surface area contributed by atoms with E-state index in [-0.39, 0.29) is 5.60 Å². The fraction of sp³-hybridized carbons (Fsp3) is 0.615. The van der Waals surface area contributed by atoms with Gasteiger partial charge in [-0.25, -0.2) is 4.98 Å². The fourth-order valence-electron chi connectivity index (χ4n) is 2.03. The van der Waals surface area contributed by atoms with Gasteiger partial charge in [0, 0.05) is 38.7 Å². The second-order valence-electron chi connectivity index (χ2n) is 4.46. The zero-order valence-electron chi connectivity index (χ0n) is 10.7. The van der Waals surface area contributed by atoms with E-state index >= 15 is 0 Å². The Labute approximate surface area is 107 Å². The lowest BCUT2D eigenvalue weighted by Crippen LogP contribution is -2.45. The molecule has 1 aromatic rings. The molecule has 0 radical (unpaired) electrons. The Morgan fingerprint density at radius 1 is 1.39 bits per heavy atom. The van der Waals surface area contributed by atoms with Crippen LogP contribution in [-0.4, -0.2) is 37.5 Å². The molecule has 0 aromatic carbocycles. The van der Waals surface area contributed by atoms with Crippen molar-refractivity contribution in [1.82, 2.24) is 4.98 Å². The highest BCUT2D eigenvalue weighted by Crippen LogP contribution is 2.25. The van der Waals surface area contributed by atoms with Crippen molar-refractivity contribution in [2.24, 2.45) is 5.73 Å². The van der Waals surface area contributed by atoms with E-state index in [1.807, 2.05) is 18.2 Å². The predicted molar refractivity (Wildman–Crippen MR) is 67.4 cm³/mol. The highest BCUT2D eigenvalue weighted by Gasteiger charge is 2.32. The lowest BCUT2D eigenvalue weighted by molar-refractivity contribution is -0.113. The van der Waals surface area contributed by atoms with E-state index in [0.717, 1.165) is 18.5 Å². The first-order chi connectivity index (χ1) is 8.78. The molecule has 0 unspecified atom stereocenters. The van der Waals surface area contributed by atoms with E-state index in [1.54, 1.807) is 7.11 Å². The van der Waals surface area contributed by atoms with Gasteiger partial charge in [-0.3, -0.25) is 0 Å². The van der Waals surface area contributed by atoms with Crippen LogP contribution in [0.25, 0.3) is 0 Å². The van der Waals surface area contributed by atoms with Crippen LogP contribution in [0, 0.1) is 0 Å². The Balaban J connectivity index is 1.96. The van der Waals surface area contributed by atoms with Gasteiger partial charge >= 0.3 is 0 Å². The molecule has 5 nitrogen and oxygen atoms in total. The summed E-state index contributed by atoms with van der Waals surface area (Å²) >= 11 is 0. The minimum Gasteiger partial charge on any atom is -0.481 e. The molecule has 100 valence electrons. The summed E-state index contributed by atoms with van der Waals surface area (Å²) in [6.07, 6.45) is 1.68. The summed E-state index contributed by atoms with van der Waals surface area (Å²) in [4.78, 5) is 4.32. The SMILES string of the molecule is COc1cccc(COC2(CN)CCOCC2)n1. The summed E-state index contributed by atoms with van der Waals surface area (Å²) in [5.41, 5.74) is 6.43. The highest BCUT2D eigenvalue weighted by molar-refractivity contribution is 5.15. The number of hydrogen-bond donors (Lipinski definition) is 1. The molecule has 18 heavy (non-hydrogen) atoms. The van der Waals surface area contributed by atoms with Crippen molar-refractivity contribution >= 4 is 0 Å². The number of hydrogen-bond acceptors (Lipinski definition) is 5. The van der Waals surface area contributed by atoms with Crippen LogP contribution in [0.15, 0.2) is 18.2 Å². The van der Waals surface area contributed by atoms with Crippen LogP contribution in [0.3, 0.4) is 0 Å². The van der Waals surface area contributed by atoms with Crippen LogP contribution in [0.5, 0.6) is 5.88 Å². The Hall–Kier alpha value is -1.17. The molecule has 2 rings (SSSR count). The van der Waals surface area contributed by atoms with Gasteiger partial charge in [0.15, 0.2) is 0 Å². The average Bonchev–Trinajstić information content (AvgIpc) is 2.46. The second kappa shape index (κ2) is 6.13. The predicted octanol–water partition coefficient (Wildman–Crippen LogP) is 1.11. The quantitative estimate of drug-likeness (QED) is 0.850. The van der Waals surface area contributed by atoms with Gasteiger partial charge < -0.3 is 19.9 Å². The topological polar surface area (TPSA) is 66.6 Å². The van der Waals surface area contributed by atoms with Gasteiger partial charge in [-0.1, -0.05) is 6.07 Å². The first kappa shape index (κ1) is 13.3. The van der Waals surface area contributed by atoms with Crippen molar-refractivity contribution in [3.05, 3.63) is 23.9 Å². The lowest BCUT2D eigenvalue weighted by Gasteiger charge is -2.35. The molecule has 1 fully saturated rings. The van der Waals surface area contributed by atoms with Crippen molar-refractivity contribution in [1.29, 1.82) is 0 Å². The first-order valence-corrected chi connectivity index (χ1v) is 6.20. The summed E-state index contributed by atoms with van der Waals surface area (Å²) in [6.45, 7) is 2.39. The summed E-state index contributed by atoms with van der Waals surface area (Å²) in [7, 11) is 1.60. The standard InChI is InChI=1S/C13H20N2O3/c1-16-12-4-2-3-11(15-12)9-18-13(10-14)5-7-17-8-6-13/h2-4H,5-10,14H2,1H3. The van der Waals surface area contributed by atoms with Crippen molar-refractivity contribution in [2.75, 3.05) is 26.9 Å². The van der Waals surface area contributed by atoms with Crippen molar-refractivity contribution in [3.63, 3.8) is 0 Å². The molecule has 1 aliphatic rings. The van der Waals surface area contributed by atoms with E-state index in [0.29, 0.717) is 32.2 Å². The summed E-state index contributed by atoms with van der Waals surface area (Å²) < 4.78 is 16.4. The minimum atomic E-state index is -0.261. The average molecular weight is 252 g/mol. The summed E-state index contributed by atoms with van der Waals surface area (Å²) in [6, 6.07) is 5.65. The van der Waals surface area contributed by atoms with Crippen LogP contribution in [-0.2, 0) is 16.1 Å². The number of methoxy groups -OCH3 is 1. The van der Waals surface area contributed by atoms with Gasteiger partial charge in [0.05, 0.1) is 25.0 Å². The summed E-state index contributed by atoms with van der Waals surface area (Å²) in [5, 5.41) is 0. The molecule has 1 aliphatic heterocycles. The first-order valence-electron chi connectivity index (χ1n) is 6.20. The number of aromatic nitrogens is 1. The van der Waals surface area contributed by atoms with E-state index in [4.69, 9.17) is 19.9 Å². The van der Waals surface area contributed by atoms with Gasteiger partial charge in [-0.05, 0) is 6.07 Å². The lowest BCUT2D eigenvalue weighted by atomic mass is 9.94. The number of ether oxygens (including phenoxy) is 3. The van der Waals surface area contributed by atoms with Crippen LogP contribution < -0.4 is 10.5 Å². The molecule has 0 bridgehead atoms. The van der Waals surface area contributed by atoms with Gasteiger partial charge in [-0.2, -0.15) is 0 Å². The molecule has 2 heterocycles. The molecule has 0 saturated carbocycles. The maximum Gasteiger partial charge on any atom is 0.213 e. The molecule has 0 atom stereocenters. The van der Waals surface area contributed by atoms with Gasteiger partial charge in [0.25, 0.3) is 0 Å². The second-order valence-corrected chi connectivity index (χ2v) is 4.46. The zero-order chi connectivity index (χ0) is 12.8. The Morgan fingerprint density at radius 2 is 2.17 bits per heavy atom. The molecular weight excluding hydrogens is 232 g/mol. The molecule has 2 N–H and O–H groups in total. The summed E-state index contributed by atoms with van der Waals surface area (Å²) in [5.74, 6) is 0.602. The maximum atomic E-state index is 5.98. The zero-order valence-corrected chi connectivity index (χ0v) is 10.7. The van der Waals surface area contributed by atoms with Gasteiger partial charge in [0.1, 0.15) is 0 Å². The molecular formula is C13H20N2O3. The molecule has 1 saturated heterocycles. The van der Waals surface area contributed by atoms with Gasteiger partial charge in [-0.15, -0.1) is 0 Å². The molecule has 0 amide bonds. The molecule has 0 aliphatic carbocycles. The van der Waals surface area contributed by atoms with Crippen molar-refractivity contribution in [3.8, 4) is 5.88 Å². The number of pyridine rings is 1. The van der Waals surface area contributed by atoms with E-state index in [2.05, 4.69) is 4.98 Å². The van der Waals surface area contributed by atoms with Crippen molar-refractivity contribution in [2.45, 2.75) is 25.0 Å². The molecule has 5 heteroatoms. The van der Waals surface area contributed by atoms with Crippen LogP contribution in [0.4, 0.5) is 0 Å². The monoisotopic (exact) mass is 252 g/mol. The maximum absolute atomic E-state index is 5.98. The highest BCUT2D eigenvalue weighted by atomic mass is 16.5. The van der Waals surface area contributed by atoms with Gasteiger partial charge in [0.2, 0.25) is 5.88 Å². The van der Waals surface area contributed by atoms with E-state index < -0.39 is 0 Å². The Morgan fingerprint density at radius 3 is 2.83 bits per heavy atom. The Kier molecular flexibility index (Phi) is 4.52. The Bertz CT molecular complexity index is 378. The van der Waals surface area contributed by atoms with Crippen LogP contribution in [0.1, 0.15) is 18.5 Å². The van der Waals surface area contributed by atoms with Crippen LogP contribution in [0.2, 0.25) is 0 Å². The normalized spacial score (nSPS) is 18.6. The smallest absolute Gasteiger partial charge is 0.213 e. The van der Waals surface area contributed by atoms with Crippen molar-refractivity contribution < 1.29 is 14.2 Å². The minimum absolute atomic E-state index is 0.261. The molecule has 0 spiro atoms. The third-order valence-electron chi connectivity index (χ3n) is 3.29. The number of rotatable bonds is 5. The molecule has 1 aromatic heterocycles. The van der Waals surface area contributed by atoms with E-state index in [9.17, 15) is 0 Å². The number of nitrogens with two attached hydrogens (primary N) is 1. The van der Waals surface area contributed by atoms with E-state index in [1.165, 1.54) is 0 Å². The van der Waals surface area contributed by atoms with Crippen LogP contribution >= 0.6 is 0 Å². The number of nitrogens with zero attached hydrogens (tertiary/aromatic N) is 1. The third kappa shape index (κ3) is 3.19.